The van der Waals surface area contributed by atoms with Crippen molar-refractivity contribution in [3.8, 4) is 11.4 Å². The number of aryl methyl sites for hydroxylation is 2. The first kappa shape index (κ1) is 19.1. The molecule has 0 radical (unpaired) electrons. The highest BCUT2D eigenvalue weighted by molar-refractivity contribution is 7.15. The first-order valence-electron chi connectivity index (χ1n) is 9.20. The van der Waals surface area contributed by atoms with Crippen molar-refractivity contribution in [2.75, 3.05) is 11.9 Å². The summed E-state index contributed by atoms with van der Waals surface area (Å²) in [6, 6.07) is 11.9. The van der Waals surface area contributed by atoms with Gasteiger partial charge in [0.2, 0.25) is 4.96 Å². The lowest BCUT2D eigenvalue weighted by molar-refractivity contribution is 0.252. The topological polar surface area (TPSA) is 71.3 Å². The van der Waals surface area contributed by atoms with Gasteiger partial charge < -0.3 is 10.6 Å². The van der Waals surface area contributed by atoms with Gasteiger partial charge in [0.15, 0.2) is 5.82 Å². The van der Waals surface area contributed by atoms with E-state index < -0.39 is 0 Å². The monoisotopic (exact) mass is 409 g/mol. The van der Waals surface area contributed by atoms with Crippen LogP contribution in [0.5, 0.6) is 0 Å². The van der Waals surface area contributed by atoms with Gasteiger partial charge in [0.25, 0.3) is 0 Å². The minimum Gasteiger partial charge on any atom is -0.337 e. The van der Waals surface area contributed by atoms with Gasteiger partial charge in [-0.3, -0.25) is 0 Å². The first-order chi connectivity index (χ1) is 14.0. The Balaban J connectivity index is 1.39. The molecule has 29 heavy (non-hydrogen) atoms. The second-order valence-electron chi connectivity index (χ2n) is 6.87. The van der Waals surface area contributed by atoms with E-state index in [-0.39, 0.29) is 11.8 Å². The Labute approximate surface area is 171 Å². The zero-order chi connectivity index (χ0) is 20.4. The third-order valence-corrected chi connectivity index (χ3v) is 5.24. The van der Waals surface area contributed by atoms with Crippen LogP contribution >= 0.6 is 11.3 Å². The van der Waals surface area contributed by atoms with Gasteiger partial charge >= 0.3 is 6.03 Å². The summed E-state index contributed by atoms with van der Waals surface area (Å²) in [5, 5.41) is 12.2. The Morgan fingerprint density at radius 3 is 2.72 bits per heavy atom. The van der Waals surface area contributed by atoms with E-state index in [4.69, 9.17) is 0 Å². The fraction of sp³-hybridized carbons (Fsp3) is 0.190. The van der Waals surface area contributed by atoms with Crippen LogP contribution in [0.4, 0.5) is 14.9 Å². The molecule has 0 aliphatic heterocycles. The Kier molecular flexibility index (Phi) is 5.26. The number of nitrogens with one attached hydrogen (secondary N) is 2. The predicted molar refractivity (Wildman–Crippen MR) is 113 cm³/mol. The van der Waals surface area contributed by atoms with E-state index in [0.717, 1.165) is 27.5 Å². The highest BCUT2D eigenvalue weighted by Crippen LogP contribution is 2.21. The quantitative estimate of drug-likeness (QED) is 0.507. The summed E-state index contributed by atoms with van der Waals surface area (Å²) in [5.74, 6) is 0.165. The lowest BCUT2D eigenvalue weighted by atomic mass is 10.1. The molecule has 8 heteroatoms. The summed E-state index contributed by atoms with van der Waals surface area (Å²) < 4.78 is 15.2. The van der Waals surface area contributed by atoms with E-state index in [1.165, 1.54) is 23.5 Å². The van der Waals surface area contributed by atoms with Crippen molar-refractivity contribution in [3.05, 3.63) is 70.5 Å². The zero-order valence-corrected chi connectivity index (χ0v) is 16.9. The number of anilines is 1. The molecule has 0 atom stereocenters. The molecule has 2 aromatic heterocycles. The number of fused-ring (bicyclic) bond motifs is 1. The smallest absolute Gasteiger partial charge is 0.319 e. The molecule has 0 aliphatic rings. The van der Waals surface area contributed by atoms with E-state index in [1.807, 2.05) is 31.4 Å². The lowest BCUT2D eigenvalue weighted by Gasteiger charge is -2.09. The molecule has 0 unspecified atom stereocenters. The summed E-state index contributed by atoms with van der Waals surface area (Å²) in [6.07, 6.45) is 0.603. The number of rotatable bonds is 5. The van der Waals surface area contributed by atoms with Gasteiger partial charge in [-0.2, -0.15) is 4.98 Å². The van der Waals surface area contributed by atoms with Crippen LogP contribution in [0.2, 0.25) is 0 Å². The SMILES string of the molecule is Cc1cc(C)cc(NC(=O)NCCc2csc3nc(-c4cccc(F)c4)nn23)c1. The van der Waals surface area contributed by atoms with Gasteiger partial charge in [0.1, 0.15) is 5.82 Å². The first-order valence-corrected chi connectivity index (χ1v) is 10.1. The van der Waals surface area contributed by atoms with Crippen molar-refractivity contribution in [2.24, 2.45) is 0 Å². The molecule has 4 rings (SSSR count). The molecule has 0 spiro atoms. The van der Waals surface area contributed by atoms with Crippen LogP contribution < -0.4 is 10.6 Å². The molecule has 2 aromatic carbocycles. The van der Waals surface area contributed by atoms with Crippen LogP contribution in [0.3, 0.4) is 0 Å². The minimum absolute atomic E-state index is 0.250. The van der Waals surface area contributed by atoms with Gasteiger partial charge in [0, 0.05) is 29.6 Å². The summed E-state index contributed by atoms with van der Waals surface area (Å²) in [7, 11) is 0. The summed E-state index contributed by atoms with van der Waals surface area (Å²) >= 11 is 1.47. The van der Waals surface area contributed by atoms with Gasteiger partial charge in [-0.15, -0.1) is 16.4 Å². The van der Waals surface area contributed by atoms with Crippen LogP contribution in [-0.4, -0.2) is 27.2 Å². The number of aromatic nitrogens is 3. The molecule has 2 amide bonds. The second kappa shape index (κ2) is 8.00. The molecular weight excluding hydrogens is 389 g/mol. The maximum Gasteiger partial charge on any atom is 0.319 e. The van der Waals surface area contributed by atoms with Crippen molar-refractivity contribution >= 4 is 28.0 Å². The minimum atomic E-state index is -0.320. The Morgan fingerprint density at radius 2 is 1.97 bits per heavy atom. The summed E-state index contributed by atoms with van der Waals surface area (Å²) in [4.78, 5) is 17.4. The molecule has 4 aromatic rings. The molecule has 0 fully saturated rings. The molecule has 148 valence electrons. The van der Waals surface area contributed by atoms with Crippen molar-refractivity contribution in [1.82, 2.24) is 19.9 Å². The second-order valence-corrected chi connectivity index (χ2v) is 7.71. The fourth-order valence-electron chi connectivity index (χ4n) is 3.17. The standard InChI is InChI=1S/C21H20FN5OS/c1-13-8-14(2)10-17(9-13)24-20(28)23-7-6-18-12-29-21-25-19(26-27(18)21)15-4-3-5-16(22)11-15/h3-5,8-12H,6-7H2,1-2H3,(H2,23,24,28). The molecule has 2 heterocycles. The lowest BCUT2D eigenvalue weighted by Crippen LogP contribution is -2.30. The van der Waals surface area contributed by atoms with E-state index in [9.17, 15) is 9.18 Å². The largest absolute Gasteiger partial charge is 0.337 e. The summed E-state index contributed by atoms with van der Waals surface area (Å²) in [5.41, 5.74) is 4.54. The number of amides is 2. The molecular formula is C21H20FN5OS. The van der Waals surface area contributed by atoms with E-state index >= 15 is 0 Å². The number of carbonyl (C=O) groups is 1. The average molecular weight is 409 g/mol. The van der Waals surface area contributed by atoms with Gasteiger partial charge in [-0.05, 0) is 49.2 Å². The number of nitrogens with zero attached hydrogens (tertiary/aromatic N) is 3. The number of thiazole rings is 1. The van der Waals surface area contributed by atoms with Crippen LogP contribution in [0.15, 0.2) is 47.8 Å². The van der Waals surface area contributed by atoms with Gasteiger partial charge in [0.05, 0.1) is 5.69 Å². The maximum atomic E-state index is 13.5. The molecule has 0 bridgehead atoms. The van der Waals surface area contributed by atoms with Crippen molar-refractivity contribution < 1.29 is 9.18 Å². The highest BCUT2D eigenvalue weighted by atomic mass is 32.1. The van der Waals surface area contributed by atoms with Crippen LogP contribution in [0.1, 0.15) is 16.8 Å². The number of carbonyl (C=O) groups excluding carboxylic acids is 1. The van der Waals surface area contributed by atoms with Gasteiger partial charge in [-0.25, -0.2) is 13.7 Å². The number of hydrogen-bond donors (Lipinski definition) is 2. The van der Waals surface area contributed by atoms with Gasteiger partial charge in [-0.1, -0.05) is 18.2 Å². The average Bonchev–Trinajstić information content (AvgIpc) is 3.22. The number of urea groups is 1. The normalized spacial score (nSPS) is 11.0. The van der Waals surface area contributed by atoms with Crippen LogP contribution in [0, 0.1) is 19.7 Å². The molecule has 6 nitrogen and oxygen atoms in total. The maximum absolute atomic E-state index is 13.5. The molecule has 0 saturated carbocycles. The Bertz CT molecular complexity index is 1160. The number of benzene rings is 2. The molecule has 0 aliphatic carbocycles. The van der Waals surface area contributed by atoms with E-state index in [0.29, 0.717) is 24.4 Å². The molecule has 2 N–H and O–H groups in total. The Hall–Kier alpha value is -3.26. The van der Waals surface area contributed by atoms with Crippen LogP contribution in [-0.2, 0) is 6.42 Å². The van der Waals surface area contributed by atoms with Crippen LogP contribution in [0.25, 0.3) is 16.3 Å². The number of halogens is 1. The van der Waals surface area contributed by atoms with Crippen molar-refractivity contribution in [2.45, 2.75) is 20.3 Å². The highest BCUT2D eigenvalue weighted by Gasteiger charge is 2.12. The van der Waals surface area contributed by atoms with E-state index in [1.54, 1.807) is 16.6 Å². The van der Waals surface area contributed by atoms with E-state index in [2.05, 4.69) is 26.8 Å². The summed E-state index contributed by atoms with van der Waals surface area (Å²) in [6.45, 7) is 4.44. The van der Waals surface area contributed by atoms with Crippen molar-refractivity contribution in [1.29, 1.82) is 0 Å². The predicted octanol–water partition coefficient (Wildman–Crippen LogP) is 4.58. The zero-order valence-electron chi connectivity index (χ0n) is 16.1. The third kappa shape index (κ3) is 4.43. The number of hydrogen-bond acceptors (Lipinski definition) is 4. The molecule has 0 saturated heterocycles. The van der Waals surface area contributed by atoms with Crippen molar-refractivity contribution in [3.63, 3.8) is 0 Å². The third-order valence-electron chi connectivity index (χ3n) is 4.38. The Morgan fingerprint density at radius 1 is 1.17 bits per heavy atom. The fourth-order valence-corrected chi connectivity index (χ4v) is 4.03.